The maximum atomic E-state index is 12.8. The fourth-order valence-corrected chi connectivity index (χ4v) is 10.5. The van der Waals surface area contributed by atoms with Crippen LogP contribution in [0.2, 0.25) is 0 Å². The zero-order chi connectivity index (χ0) is 53.6. The van der Waals surface area contributed by atoms with E-state index in [9.17, 15) is 14.4 Å². The van der Waals surface area contributed by atoms with Crippen LogP contribution in [0.3, 0.4) is 0 Å². The van der Waals surface area contributed by atoms with E-state index in [-0.39, 0.29) is 31.1 Å². The predicted molar refractivity (Wildman–Crippen MR) is 321 cm³/mol. The first-order chi connectivity index (χ1) is 36.5. The first-order valence-corrected chi connectivity index (χ1v) is 33.7. The second kappa shape index (κ2) is 63.7. The molecule has 0 radical (unpaired) electrons. The van der Waals surface area contributed by atoms with Gasteiger partial charge < -0.3 is 14.2 Å². The standard InChI is InChI=1S/C68H130O6/c1-4-7-10-13-16-19-22-23-24-25-26-27-28-29-30-31-32-33-34-35-36-37-38-39-40-41-42-43-44-45-47-49-52-55-58-61-67(70)73-64-65(63-72-66(69)60-57-54-51-48-21-18-15-12-9-6-3)74-68(71)62-59-56-53-50-46-20-17-14-11-8-5-2/h12,15,65H,4-11,13-14,16-64H2,1-3H3/b15-12-. The molecule has 0 aliphatic rings. The van der Waals surface area contributed by atoms with Gasteiger partial charge in [0.25, 0.3) is 0 Å². The fraction of sp³-hybridized carbons (Fsp3) is 0.926. The normalized spacial score (nSPS) is 12.0. The summed E-state index contributed by atoms with van der Waals surface area (Å²) in [4.78, 5) is 38.0. The number of esters is 3. The number of carbonyl (C=O) groups is 3. The molecule has 0 aliphatic heterocycles. The monoisotopic (exact) mass is 1040 g/mol. The van der Waals surface area contributed by atoms with E-state index in [2.05, 4.69) is 32.9 Å². The van der Waals surface area contributed by atoms with Gasteiger partial charge in [-0.2, -0.15) is 0 Å². The highest BCUT2D eigenvalue weighted by atomic mass is 16.6. The molecule has 1 unspecified atom stereocenters. The Bertz CT molecular complexity index is 1150. The minimum Gasteiger partial charge on any atom is -0.462 e. The largest absolute Gasteiger partial charge is 0.462 e. The van der Waals surface area contributed by atoms with Crippen LogP contribution >= 0.6 is 0 Å². The van der Waals surface area contributed by atoms with Crippen molar-refractivity contribution in [1.82, 2.24) is 0 Å². The minimum absolute atomic E-state index is 0.0670. The summed E-state index contributed by atoms with van der Waals surface area (Å²) in [5.41, 5.74) is 0. The first kappa shape index (κ1) is 72.2. The number of carbonyl (C=O) groups excluding carboxylic acids is 3. The van der Waals surface area contributed by atoms with Gasteiger partial charge in [-0.1, -0.05) is 341 Å². The molecule has 0 amide bonds. The third-order valence-electron chi connectivity index (χ3n) is 15.5. The minimum atomic E-state index is -0.767. The molecule has 0 aliphatic carbocycles. The van der Waals surface area contributed by atoms with Crippen molar-refractivity contribution in [3.8, 4) is 0 Å². The van der Waals surface area contributed by atoms with Gasteiger partial charge >= 0.3 is 17.9 Å². The highest BCUT2D eigenvalue weighted by Gasteiger charge is 2.19. The summed E-state index contributed by atoms with van der Waals surface area (Å²) in [7, 11) is 0. The van der Waals surface area contributed by atoms with Crippen molar-refractivity contribution in [2.24, 2.45) is 0 Å². The molecule has 0 fully saturated rings. The van der Waals surface area contributed by atoms with Gasteiger partial charge in [0.2, 0.25) is 0 Å². The Balaban J connectivity index is 3.88. The number of unbranched alkanes of at least 4 members (excludes halogenated alkanes) is 50. The Kier molecular flexibility index (Phi) is 62.1. The van der Waals surface area contributed by atoms with Crippen LogP contribution < -0.4 is 0 Å². The molecule has 0 N–H and O–H groups in total. The lowest BCUT2D eigenvalue weighted by molar-refractivity contribution is -0.167. The van der Waals surface area contributed by atoms with Crippen molar-refractivity contribution in [2.45, 2.75) is 393 Å². The third kappa shape index (κ3) is 61.0. The Morgan fingerprint density at radius 3 is 0.730 bits per heavy atom. The third-order valence-corrected chi connectivity index (χ3v) is 15.5. The summed E-state index contributed by atoms with van der Waals surface area (Å²) in [5, 5.41) is 0. The van der Waals surface area contributed by atoms with Crippen LogP contribution in [0.5, 0.6) is 0 Å². The zero-order valence-corrected chi connectivity index (χ0v) is 50.4. The summed E-state index contributed by atoms with van der Waals surface area (Å²) < 4.78 is 16.8. The lowest BCUT2D eigenvalue weighted by atomic mass is 10.0. The summed E-state index contributed by atoms with van der Waals surface area (Å²) in [6.45, 7) is 6.62. The Morgan fingerprint density at radius 1 is 0.257 bits per heavy atom. The van der Waals surface area contributed by atoms with Gasteiger partial charge in [0.05, 0.1) is 0 Å². The predicted octanol–water partition coefficient (Wildman–Crippen LogP) is 22.8. The van der Waals surface area contributed by atoms with Crippen molar-refractivity contribution in [3.63, 3.8) is 0 Å². The van der Waals surface area contributed by atoms with E-state index in [1.807, 2.05) is 0 Å². The number of hydrogen-bond donors (Lipinski definition) is 0. The maximum absolute atomic E-state index is 12.8. The van der Waals surface area contributed by atoms with E-state index >= 15 is 0 Å². The molecule has 6 heteroatoms. The summed E-state index contributed by atoms with van der Waals surface area (Å²) in [6, 6.07) is 0. The molecule has 0 saturated heterocycles. The molecule has 0 rings (SSSR count). The highest BCUT2D eigenvalue weighted by molar-refractivity contribution is 5.71. The van der Waals surface area contributed by atoms with E-state index in [0.717, 1.165) is 70.6 Å². The summed E-state index contributed by atoms with van der Waals surface area (Å²) >= 11 is 0. The van der Waals surface area contributed by atoms with Crippen LogP contribution in [0.4, 0.5) is 0 Å². The van der Waals surface area contributed by atoms with Gasteiger partial charge in [-0.15, -0.1) is 0 Å². The molecule has 0 saturated carbocycles. The zero-order valence-electron chi connectivity index (χ0n) is 50.4. The molecule has 0 bridgehead atoms. The fourth-order valence-electron chi connectivity index (χ4n) is 10.5. The first-order valence-electron chi connectivity index (χ1n) is 33.7. The molecule has 1 atom stereocenters. The Labute approximate surface area is 462 Å². The van der Waals surface area contributed by atoms with Crippen LogP contribution in [0, 0.1) is 0 Å². The van der Waals surface area contributed by atoms with E-state index in [1.54, 1.807) is 0 Å². The Hall–Kier alpha value is -1.85. The van der Waals surface area contributed by atoms with Gasteiger partial charge in [0, 0.05) is 19.3 Å². The molecular weight excluding hydrogens is 913 g/mol. The van der Waals surface area contributed by atoms with E-state index < -0.39 is 6.10 Å². The van der Waals surface area contributed by atoms with E-state index in [4.69, 9.17) is 14.2 Å². The Morgan fingerprint density at radius 2 is 0.473 bits per heavy atom. The van der Waals surface area contributed by atoms with E-state index in [0.29, 0.717) is 19.3 Å². The topological polar surface area (TPSA) is 78.9 Å². The number of allylic oxidation sites excluding steroid dienone is 2. The number of rotatable bonds is 63. The second-order valence-corrected chi connectivity index (χ2v) is 23.1. The summed E-state index contributed by atoms with van der Waals surface area (Å²) in [5.74, 6) is -0.856. The van der Waals surface area contributed by atoms with Crippen LogP contribution in [0.15, 0.2) is 12.2 Å². The molecular formula is C68H130O6. The molecule has 0 aromatic heterocycles. The van der Waals surface area contributed by atoms with Gasteiger partial charge in [0.15, 0.2) is 6.10 Å². The lowest BCUT2D eigenvalue weighted by Crippen LogP contribution is -2.30. The number of hydrogen-bond acceptors (Lipinski definition) is 6. The molecule has 0 aromatic carbocycles. The molecule has 0 aromatic rings. The molecule has 74 heavy (non-hydrogen) atoms. The van der Waals surface area contributed by atoms with E-state index in [1.165, 1.54) is 276 Å². The van der Waals surface area contributed by atoms with Gasteiger partial charge in [-0.05, 0) is 38.5 Å². The highest BCUT2D eigenvalue weighted by Crippen LogP contribution is 2.19. The van der Waals surface area contributed by atoms with Crippen LogP contribution in [-0.2, 0) is 28.6 Å². The van der Waals surface area contributed by atoms with Crippen LogP contribution in [0.25, 0.3) is 0 Å². The van der Waals surface area contributed by atoms with Crippen LogP contribution in [-0.4, -0.2) is 37.2 Å². The van der Waals surface area contributed by atoms with Crippen molar-refractivity contribution < 1.29 is 28.6 Å². The average Bonchev–Trinajstić information content (AvgIpc) is 3.40. The SMILES string of the molecule is CCC/C=C\CCCCCCCC(=O)OCC(COC(=O)CCCCCCCCCCCCCCCCCCCCCCCCCCCCCCCCCCCCC)OC(=O)CCCCCCCCCCCCC. The lowest BCUT2D eigenvalue weighted by Gasteiger charge is -2.18. The van der Waals surface area contributed by atoms with Crippen LogP contribution in [0.1, 0.15) is 387 Å². The molecule has 438 valence electrons. The average molecular weight is 1040 g/mol. The molecule has 0 heterocycles. The van der Waals surface area contributed by atoms with Gasteiger partial charge in [0.1, 0.15) is 13.2 Å². The quantitative estimate of drug-likeness (QED) is 0.0261. The summed E-state index contributed by atoms with van der Waals surface area (Å²) in [6.07, 6.45) is 75.7. The van der Waals surface area contributed by atoms with Crippen molar-refractivity contribution in [1.29, 1.82) is 0 Å². The molecule has 6 nitrogen and oxygen atoms in total. The van der Waals surface area contributed by atoms with Crippen molar-refractivity contribution >= 4 is 17.9 Å². The van der Waals surface area contributed by atoms with Crippen molar-refractivity contribution in [2.75, 3.05) is 13.2 Å². The van der Waals surface area contributed by atoms with Gasteiger partial charge in [-0.25, -0.2) is 0 Å². The smallest absolute Gasteiger partial charge is 0.306 e. The number of ether oxygens (including phenoxy) is 3. The van der Waals surface area contributed by atoms with Gasteiger partial charge in [-0.3, -0.25) is 14.4 Å². The second-order valence-electron chi connectivity index (χ2n) is 23.1. The maximum Gasteiger partial charge on any atom is 0.306 e. The molecule has 0 spiro atoms. The van der Waals surface area contributed by atoms with Crippen molar-refractivity contribution in [3.05, 3.63) is 12.2 Å².